The van der Waals surface area contributed by atoms with Crippen molar-refractivity contribution in [1.29, 1.82) is 0 Å². The maximum atomic E-state index is 12.3. The zero-order valence-electron chi connectivity index (χ0n) is 14.3. The molecule has 0 aliphatic heterocycles. The standard InChI is InChI=1S/C19H22N2O2S/c1-19(2,3)21-18(23)14-6-5-7-15(12-14)20-17(22)13-8-10-16(24-4)11-9-13/h5-12H,1-4H3,(H,20,22)(H,21,23). The number of carbonyl (C=O) groups excluding carboxylic acids is 2. The summed E-state index contributed by atoms with van der Waals surface area (Å²) in [7, 11) is 0. The minimum atomic E-state index is -0.310. The lowest BCUT2D eigenvalue weighted by Gasteiger charge is -2.20. The first-order valence-corrected chi connectivity index (χ1v) is 8.89. The average molecular weight is 342 g/mol. The van der Waals surface area contributed by atoms with E-state index < -0.39 is 0 Å². The third kappa shape index (κ3) is 5.13. The van der Waals surface area contributed by atoms with Crippen molar-refractivity contribution in [2.75, 3.05) is 11.6 Å². The molecule has 0 unspecified atom stereocenters. The highest BCUT2D eigenvalue weighted by Crippen LogP contribution is 2.17. The van der Waals surface area contributed by atoms with Gasteiger partial charge in [0.15, 0.2) is 0 Å². The summed E-state index contributed by atoms with van der Waals surface area (Å²) in [5.74, 6) is -0.362. The Morgan fingerprint density at radius 2 is 1.58 bits per heavy atom. The van der Waals surface area contributed by atoms with Gasteiger partial charge in [-0.05, 0) is 69.5 Å². The number of amides is 2. The molecule has 2 amide bonds. The molecular formula is C19H22N2O2S. The smallest absolute Gasteiger partial charge is 0.255 e. The van der Waals surface area contributed by atoms with Crippen LogP contribution in [0.25, 0.3) is 0 Å². The van der Waals surface area contributed by atoms with Gasteiger partial charge in [-0.15, -0.1) is 11.8 Å². The second-order valence-corrected chi connectivity index (χ2v) is 7.35. The lowest BCUT2D eigenvalue weighted by Crippen LogP contribution is -2.40. The summed E-state index contributed by atoms with van der Waals surface area (Å²) in [6.07, 6.45) is 1.99. The van der Waals surface area contributed by atoms with Crippen LogP contribution in [0.2, 0.25) is 0 Å². The molecule has 4 nitrogen and oxygen atoms in total. The third-order valence-electron chi connectivity index (χ3n) is 3.22. The fourth-order valence-corrected chi connectivity index (χ4v) is 2.50. The molecule has 5 heteroatoms. The minimum absolute atomic E-state index is 0.164. The number of anilines is 1. The molecule has 0 saturated heterocycles. The van der Waals surface area contributed by atoms with Crippen molar-refractivity contribution >= 4 is 29.3 Å². The Morgan fingerprint density at radius 1 is 0.917 bits per heavy atom. The van der Waals surface area contributed by atoms with Crippen LogP contribution in [0.3, 0.4) is 0 Å². The van der Waals surface area contributed by atoms with E-state index in [0.717, 1.165) is 4.90 Å². The maximum Gasteiger partial charge on any atom is 0.255 e. The van der Waals surface area contributed by atoms with Crippen LogP contribution in [-0.4, -0.2) is 23.6 Å². The van der Waals surface area contributed by atoms with E-state index in [1.807, 2.05) is 39.2 Å². The second kappa shape index (κ2) is 7.53. The van der Waals surface area contributed by atoms with Gasteiger partial charge in [0.25, 0.3) is 11.8 Å². The van der Waals surface area contributed by atoms with Crippen molar-refractivity contribution < 1.29 is 9.59 Å². The van der Waals surface area contributed by atoms with Crippen molar-refractivity contribution in [2.24, 2.45) is 0 Å². The molecule has 24 heavy (non-hydrogen) atoms. The van der Waals surface area contributed by atoms with Crippen LogP contribution >= 0.6 is 11.8 Å². The summed E-state index contributed by atoms with van der Waals surface area (Å²) in [4.78, 5) is 25.6. The van der Waals surface area contributed by atoms with E-state index in [9.17, 15) is 9.59 Å². The Labute approximate surface area is 147 Å². The molecule has 0 bridgehead atoms. The monoisotopic (exact) mass is 342 g/mol. The molecule has 0 fully saturated rings. The summed E-state index contributed by atoms with van der Waals surface area (Å²) >= 11 is 1.63. The molecule has 0 spiro atoms. The van der Waals surface area contributed by atoms with Crippen molar-refractivity contribution in [3.05, 3.63) is 59.7 Å². The van der Waals surface area contributed by atoms with E-state index in [-0.39, 0.29) is 17.4 Å². The van der Waals surface area contributed by atoms with Gasteiger partial charge in [-0.2, -0.15) is 0 Å². The number of nitrogens with one attached hydrogen (secondary N) is 2. The van der Waals surface area contributed by atoms with Gasteiger partial charge in [0.2, 0.25) is 0 Å². The first kappa shape index (κ1) is 18.1. The van der Waals surface area contributed by atoms with Gasteiger partial charge in [-0.1, -0.05) is 6.07 Å². The molecule has 0 aliphatic rings. The fraction of sp³-hybridized carbons (Fsp3) is 0.263. The Kier molecular flexibility index (Phi) is 5.67. The van der Waals surface area contributed by atoms with Crippen molar-refractivity contribution in [2.45, 2.75) is 31.2 Å². The van der Waals surface area contributed by atoms with Crippen LogP contribution < -0.4 is 10.6 Å². The summed E-state index contributed by atoms with van der Waals surface area (Å²) in [5.41, 5.74) is 1.38. The van der Waals surface area contributed by atoms with Gasteiger partial charge >= 0.3 is 0 Å². The van der Waals surface area contributed by atoms with Gasteiger partial charge in [0, 0.05) is 27.2 Å². The lowest BCUT2D eigenvalue weighted by atomic mass is 10.1. The van der Waals surface area contributed by atoms with Gasteiger partial charge in [-0.25, -0.2) is 0 Å². The molecule has 2 aromatic rings. The summed E-state index contributed by atoms with van der Waals surface area (Å²) in [6, 6.07) is 14.3. The van der Waals surface area contributed by atoms with Gasteiger partial charge in [0.1, 0.15) is 0 Å². The molecule has 2 N–H and O–H groups in total. The van der Waals surface area contributed by atoms with Crippen LogP contribution in [-0.2, 0) is 0 Å². The van der Waals surface area contributed by atoms with E-state index in [0.29, 0.717) is 16.8 Å². The topological polar surface area (TPSA) is 58.2 Å². The Balaban J connectivity index is 2.10. The highest BCUT2D eigenvalue weighted by molar-refractivity contribution is 7.98. The first-order chi connectivity index (χ1) is 11.3. The number of hydrogen-bond donors (Lipinski definition) is 2. The molecule has 126 valence electrons. The molecule has 2 aromatic carbocycles. The van der Waals surface area contributed by atoms with E-state index in [2.05, 4.69) is 10.6 Å². The zero-order valence-corrected chi connectivity index (χ0v) is 15.2. The van der Waals surface area contributed by atoms with Gasteiger partial charge in [-0.3, -0.25) is 9.59 Å². The minimum Gasteiger partial charge on any atom is -0.347 e. The van der Waals surface area contributed by atoms with Crippen LogP contribution in [0.5, 0.6) is 0 Å². The lowest BCUT2D eigenvalue weighted by molar-refractivity contribution is 0.0918. The molecular weight excluding hydrogens is 320 g/mol. The molecule has 0 saturated carbocycles. The van der Waals surface area contributed by atoms with Gasteiger partial charge in [0.05, 0.1) is 0 Å². The molecule has 0 radical (unpaired) electrons. The largest absolute Gasteiger partial charge is 0.347 e. The predicted molar refractivity (Wildman–Crippen MR) is 99.8 cm³/mol. The highest BCUT2D eigenvalue weighted by Gasteiger charge is 2.15. The van der Waals surface area contributed by atoms with E-state index in [4.69, 9.17) is 0 Å². The van der Waals surface area contributed by atoms with Crippen LogP contribution in [0.1, 0.15) is 41.5 Å². The molecule has 0 heterocycles. The summed E-state index contributed by atoms with van der Waals surface area (Å²) in [6.45, 7) is 5.78. The molecule has 2 rings (SSSR count). The number of benzene rings is 2. The van der Waals surface area contributed by atoms with Gasteiger partial charge < -0.3 is 10.6 Å². The summed E-state index contributed by atoms with van der Waals surface area (Å²) in [5, 5.41) is 5.73. The normalized spacial score (nSPS) is 11.0. The SMILES string of the molecule is CSc1ccc(C(=O)Nc2cccc(C(=O)NC(C)(C)C)c2)cc1. The third-order valence-corrected chi connectivity index (χ3v) is 3.97. The first-order valence-electron chi connectivity index (χ1n) is 7.66. The molecule has 0 atom stereocenters. The van der Waals surface area contributed by atoms with Crippen molar-refractivity contribution in [3.8, 4) is 0 Å². The van der Waals surface area contributed by atoms with E-state index >= 15 is 0 Å². The molecule has 0 aromatic heterocycles. The number of carbonyl (C=O) groups is 2. The zero-order chi connectivity index (χ0) is 17.7. The number of hydrogen-bond acceptors (Lipinski definition) is 3. The Bertz CT molecular complexity index is 734. The maximum absolute atomic E-state index is 12.3. The predicted octanol–water partition coefficient (Wildman–Crippen LogP) is 4.19. The highest BCUT2D eigenvalue weighted by atomic mass is 32.2. The second-order valence-electron chi connectivity index (χ2n) is 6.47. The van der Waals surface area contributed by atoms with Crippen LogP contribution in [0.15, 0.2) is 53.4 Å². The number of rotatable bonds is 4. The summed E-state index contributed by atoms with van der Waals surface area (Å²) < 4.78 is 0. The van der Waals surface area contributed by atoms with Crippen molar-refractivity contribution in [1.82, 2.24) is 5.32 Å². The molecule has 0 aliphatic carbocycles. The Morgan fingerprint density at radius 3 is 2.17 bits per heavy atom. The number of thioether (sulfide) groups is 1. The Hall–Kier alpha value is -2.27. The quantitative estimate of drug-likeness (QED) is 0.819. The average Bonchev–Trinajstić information content (AvgIpc) is 2.53. The fourth-order valence-electron chi connectivity index (χ4n) is 2.10. The van der Waals surface area contributed by atoms with Crippen LogP contribution in [0.4, 0.5) is 5.69 Å². The van der Waals surface area contributed by atoms with E-state index in [1.54, 1.807) is 48.2 Å². The van der Waals surface area contributed by atoms with E-state index in [1.165, 1.54) is 0 Å². The van der Waals surface area contributed by atoms with Crippen molar-refractivity contribution in [3.63, 3.8) is 0 Å². The van der Waals surface area contributed by atoms with Crippen LogP contribution in [0, 0.1) is 0 Å².